The second kappa shape index (κ2) is 9.45. The lowest BCUT2D eigenvalue weighted by molar-refractivity contribution is -0.132. The number of ketones is 1. The number of carbonyl (C=O) groups excluding carboxylic acids is 2. The molecule has 1 aromatic heterocycles. The summed E-state index contributed by atoms with van der Waals surface area (Å²) in [6.07, 6.45) is 0.728. The van der Waals surface area contributed by atoms with E-state index in [9.17, 15) is 14.7 Å². The summed E-state index contributed by atoms with van der Waals surface area (Å²) < 4.78 is 12.1. The molecule has 3 heterocycles. The van der Waals surface area contributed by atoms with Crippen LogP contribution in [0.25, 0.3) is 16.0 Å². The Kier molecular flexibility index (Phi) is 6.08. The zero-order chi connectivity index (χ0) is 26.6. The number of fused-ring (bicyclic) bond motifs is 2. The van der Waals surface area contributed by atoms with Crippen LogP contribution in [0.2, 0.25) is 5.02 Å². The number of ether oxygens (including phenoxy) is 2. The Bertz CT molecular complexity index is 1630. The highest BCUT2D eigenvalue weighted by Crippen LogP contribution is 2.45. The molecule has 9 heteroatoms. The SMILES string of the molecule is CCOc1ccc([C@@H]2/C(=C(\O)c3ccc4c(c3)C[C@H](C)O4)C(=O)C(=O)N2c2nc3ccc(Cl)cc3s2)cc1. The highest BCUT2D eigenvalue weighted by molar-refractivity contribution is 7.22. The highest BCUT2D eigenvalue weighted by Gasteiger charge is 2.48. The number of Topliss-reactive ketones (excluding diaryl/α,β-unsaturated/α-hetero) is 1. The lowest BCUT2D eigenvalue weighted by Gasteiger charge is -2.23. The minimum Gasteiger partial charge on any atom is -0.507 e. The third-order valence-electron chi connectivity index (χ3n) is 6.67. The van der Waals surface area contributed by atoms with Gasteiger partial charge in [0.1, 0.15) is 23.4 Å². The first-order chi connectivity index (χ1) is 18.3. The van der Waals surface area contributed by atoms with Gasteiger partial charge in [0.15, 0.2) is 5.13 Å². The molecule has 0 saturated carbocycles. The zero-order valence-corrected chi connectivity index (χ0v) is 22.2. The lowest BCUT2D eigenvalue weighted by Crippen LogP contribution is -2.29. The van der Waals surface area contributed by atoms with E-state index in [0.717, 1.165) is 16.0 Å². The molecule has 3 aromatic carbocycles. The molecule has 1 amide bonds. The van der Waals surface area contributed by atoms with Crippen LogP contribution in [0.4, 0.5) is 5.13 Å². The molecule has 0 radical (unpaired) electrons. The fourth-order valence-corrected chi connectivity index (χ4v) is 6.24. The molecular formula is C29H23ClN2O5S. The second-order valence-electron chi connectivity index (χ2n) is 9.23. The van der Waals surface area contributed by atoms with Crippen molar-refractivity contribution >= 4 is 55.7 Å². The third-order valence-corrected chi connectivity index (χ3v) is 7.92. The molecule has 38 heavy (non-hydrogen) atoms. The number of amides is 1. The quantitative estimate of drug-likeness (QED) is 0.179. The largest absolute Gasteiger partial charge is 0.507 e. The van der Waals surface area contributed by atoms with Crippen LogP contribution in [0.3, 0.4) is 0 Å². The Morgan fingerprint density at radius 1 is 1.16 bits per heavy atom. The van der Waals surface area contributed by atoms with E-state index >= 15 is 0 Å². The van der Waals surface area contributed by atoms with Gasteiger partial charge in [0.05, 0.1) is 28.4 Å². The maximum absolute atomic E-state index is 13.5. The average molecular weight is 547 g/mol. The summed E-state index contributed by atoms with van der Waals surface area (Å²) in [7, 11) is 0. The van der Waals surface area contributed by atoms with Gasteiger partial charge in [-0.05, 0) is 73.5 Å². The molecule has 2 atom stereocenters. The van der Waals surface area contributed by atoms with Crippen molar-refractivity contribution < 1.29 is 24.2 Å². The molecule has 0 spiro atoms. The van der Waals surface area contributed by atoms with Crippen LogP contribution in [0.5, 0.6) is 11.5 Å². The Hall–Kier alpha value is -3.88. The standard InChI is InChI=1S/C29H23ClN2O5S/c1-3-36-20-8-4-16(5-9-20)25-24(26(33)17-6-11-22-18(13-17)12-15(2)37-22)27(34)28(35)32(25)29-31-21-10-7-19(30)14-23(21)38-29/h4-11,13-15,25,33H,3,12H2,1-2H3/b26-24+/t15-,25+/m0/s1. The van der Waals surface area contributed by atoms with Gasteiger partial charge < -0.3 is 14.6 Å². The van der Waals surface area contributed by atoms with Crippen LogP contribution in [0, 0.1) is 0 Å². The molecule has 2 aliphatic heterocycles. The van der Waals surface area contributed by atoms with E-state index in [0.29, 0.717) is 45.6 Å². The van der Waals surface area contributed by atoms with Gasteiger partial charge in [-0.2, -0.15) is 0 Å². The summed E-state index contributed by atoms with van der Waals surface area (Å²) in [5.74, 6) is -0.352. The van der Waals surface area contributed by atoms with Crippen LogP contribution in [0.15, 0.2) is 66.2 Å². The zero-order valence-electron chi connectivity index (χ0n) is 20.6. The van der Waals surface area contributed by atoms with Gasteiger partial charge in [-0.15, -0.1) is 0 Å². The first-order valence-corrected chi connectivity index (χ1v) is 13.4. The molecule has 4 aromatic rings. The number of hydrogen-bond donors (Lipinski definition) is 1. The number of benzene rings is 3. The predicted molar refractivity (Wildman–Crippen MR) is 147 cm³/mol. The summed E-state index contributed by atoms with van der Waals surface area (Å²) in [4.78, 5) is 33.0. The fourth-order valence-electron chi connectivity index (χ4n) is 4.97. The van der Waals surface area contributed by atoms with Gasteiger partial charge in [-0.25, -0.2) is 4.98 Å². The Morgan fingerprint density at radius 3 is 2.71 bits per heavy atom. The predicted octanol–water partition coefficient (Wildman–Crippen LogP) is 6.30. The number of thiazole rings is 1. The normalized spacial score (nSPS) is 20.1. The Balaban J connectivity index is 1.51. The van der Waals surface area contributed by atoms with Crippen molar-refractivity contribution in [3.63, 3.8) is 0 Å². The van der Waals surface area contributed by atoms with Crippen molar-refractivity contribution in [2.75, 3.05) is 11.5 Å². The molecule has 192 valence electrons. The fraction of sp³-hybridized carbons (Fsp3) is 0.207. The second-order valence-corrected chi connectivity index (χ2v) is 10.7. The Morgan fingerprint density at radius 2 is 1.95 bits per heavy atom. The molecule has 0 aliphatic carbocycles. The smallest absolute Gasteiger partial charge is 0.301 e. The molecule has 0 unspecified atom stereocenters. The Labute approximate surface area is 227 Å². The van der Waals surface area contributed by atoms with E-state index in [2.05, 4.69) is 4.98 Å². The van der Waals surface area contributed by atoms with E-state index in [1.165, 1.54) is 16.2 Å². The highest BCUT2D eigenvalue weighted by atomic mass is 35.5. The van der Waals surface area contributed by atoms with E-state index in [-0.39, 0.29) is 17.4 Å². The number of aliphatic hydroxyl groups is 1. The van der Waals surface area contributed by atoms with E-state index in [4.69, 9.17) is 21.1 Å². The average Bonchev–Trinajstić information content (AvgIpc) is 3.56. The number of rotatable bonds is 5. The molecule has 1 fully saturated rings. The lowest BCUT2D eigenvalue weighted by atomic mass is 9.94. The minimum absolute atomic E-state index is 0.00311. The molecule has 2 aliphatic rings. The molecule has 1 N–H and O–H groups in total. The molecule has 6 rings (SSSR count). The summed E-state index contributed by atoms with van der Waals surface area (Å²) in [5, 5.41) is 12.4. The van der Waals surface area contributed by atoms with Crippen molar-refractivity contribution in [1.29, 1.82) is 0 Å². The van der Waals surface area contributed by atoms with Gasteiger partial charge in [-0.3, -0.25) is 14.5 Å². The monoisotopic (exact) mass is 546 g/mol. The van der Waals surface area contributed by atoms with Crippen molar-refractivity contribution in [3.05, 3.63) is 87.9 Å². The van der Waals surface area contributed by atoms with Gasteiger partial charge >= 0.3 is 5.91 Å². The number of halogens is 1. The number of carbonyl (C=O) groups is 2. The van der Waals surface area contributed by atoms with Crippen LogP contribution in [-0.2, 0) is 16.0 Å². The van der Waals surface area contributed by atoms with Crippen LogP contribution in [0.1, 0.15) is 36.6 Å². The van der Waals surface area contributed by atoms with Crippen molar-refractivity contribution in [2.45, 2.75) is 32.4 Å². The number of anilines is 1. The number of aromatic nitrogens is 1. The third kappa shape index (κ3) is 4.10. The van der Waals surface area contributed by atoms with Crippen LogP contribution in [-0.4, -0.2) is 34.5 Å². The van der Waals surface area contributed by atoms with Crippen LogP contribution >= 0.6 is 22.9 Å². The first kappa shape index (κ1) is 24.5. The molecule has 0 bridgehead atoms. The summed E-state index contributed by atoms with van der Waals surface area (Å²) in [6.45, 7) is 4.37. The van der Waals surface area contributed by atoms with Crippen molar-refractivity contribution in [1.82, 2.24) is 4.98 Å². The molecular weight excluding hydrogens is 524 g/mol. The van der Waals surface area contributed by atoms with E-state index < -0.39 is 17.7 Å². The van der Waals surface area contributed by atoms with Gasteiger partial charge in [0.25, 0.3) is 5.78 Å². The van der Waals surface area contributed by atoms with Crippen LogP contribution < -0.4 is 14.4 Å². The number of aliphatic hydroxyl groups excluding tert-OH is 1. The van der Waals surface area contributed by atoms with Crippen molar-refractivity contribution in [3.8, 4) is 11.5 Å². The maximum atomic E-state index is 13.5. The minimum atomic E-state index is -0.884. The van der Waals surface area contributed by atoms with Gasteiger partial charge in [-0.1, -0.05) is 35.1 Å². The number of nitrogens with zero attached hydrogens (tertiary/aromatic N) is 2. The summed E-state index contributed by atoms with van der Waals surface area (Å²) in [6, 6.07) is 16.8. The summed E-state index contributed by atoms with van der Waals surface area (Å²) >= 11 is 7.43. The number of hydrogen-bond acceptors (Lipinski definition) is 7. The topological polar surface area (TPSA) is 89.0 Å². The van der Waals surface area contributed by atoms with Crippen molar-refractivity contribution in [2.24, 2.45) is 0 Å². The summed E-state index contributed by atoms with van der Waals surface area (Å²) in [5.41, 5.74) is 2.70. The first-order valence-electron chi connectivity index (χ1n) is 12.2. The molecule has 1 saturated heterocycles. The van der Waals surface area contributed by atoms with E-state index in [1.807, 2.05) is 19.9 Å². The van der Waals surface area contributed by atoms with E-state index in [1.54, 1.807) is 54.6 Å². The molecule has 7 nitrogen and oxygen atoms in total. The maximum Gasteiger partial charge on any atom is 0.301 e. The van der Waals surface area contributed by atoms with Gasteiger partial charge in [0, 0.05) is 17.0 Å². The van der Waals surface area contributed by atoms with Gasteiger partial charge in [0.2, 0.25) is 0 Å².